The number of carbonyl (C=O) groups excluding carboxylic acids is 1. The summed E-state index contributed by atoms with van der Waals surface area (Å²) in [6.45, 7) is 3.91. The summed E-state index contributed by atoms with van der Waals surface area (Å²) in [4.78, 5) is 15.1. The topological polar surface area (TPSA) is 99.0 Å². The van der Waals surface area contributed by atoms with Gasteiger partial charge in [0.05, 0.1) is 5.75 Å². The number of allylic oxidation sites excluding steroid dienone is 2. The zero-order chi connectivity index (χ0) is 22.6. The Morgan fingerprint density at radius 1 is 1.35 bits per heavy atom. The number of likely N-dealkylation sites (N-methyl/N-ethyl adjacent to an activating group) is 1. The summed E-state index contributed by atoms with van der Waals surface area (Å²) in [6, 6.07) is 3.99. The van der Waals surface area contributed by atoms with Crippen LogP contribution in [0.3, 0.4) is 0 Å². The summed E-state index contributed by atoms with van der Waals surface area (Å²) in [6.07, 6.45) is 7.00. The van der Waals surface area contributed by atoms with Crippen molar-refractivity contribution in [3.8, 4) is 0 Å². The smallest absolute Gasteiger partial charge is 0.320 e. The normalized spacial score (nSPS) is 20.1. The van der Waals surface area contributed by atoms with E-state index in [1.165, 1.54) is 21.3 Å². The number of halogens is 1. The molecule has 0 aliphatic carbocycles. The number of nitrogens with zero attached hydrogens (tertiary/aromatic N) is 3. The molecule has 2 aliphatic heterocycles. The molecule has 0 radical (unpaired) electrons. The number of carbonyl (C=O) groups is 1. The van der Waals surface area contributed by atoms with Gasteiger partial charge in [0.25, 0.3) is 0 Å². The van der Waals surface area contributed by atoms with E-state index in [1.54, 1.807) is 32.2 Å². The van der Waals surface area contributed by atoms with Crippen LogP contribution in [0.4, 0.5) is 14.9 Å². The van der Waals surface area contributed by atoms with E-state index in [9.17, 15) is 17.6 Å². The van der Waals surface area contributed by atoms with Crippen LogP contribution in [0, 0.1) is 5.82 Å². The van der Waals surface area contributed by atoms with Gasteiger partial charge in [-0.15, -0.1) is 0 Å². The third kappa shape index (κ3) is 5.84. The predicted molar refractivity (Wildman–Crippen MR) is 119 cm³/mol. The van der Waals surface area contributed by atoms with Gasteiger partial charge in [0.1, 0.15) is 11.6 Å². The van der Waals surface area contributed by atoms with Crippen LogP contribution in [0.1, 0.15) is 25.3 Å². The van der Waals surface area contributed by atoms with Crippen molar-refractivity contribution < 1.29 is 17.6 Å². The largest absolute Gasteiger partial charge is 0.351 e. The van der Waals surface area contributed by atoms with Crippen LogP contribution in [0.15, 0.2) is 42.2 Å². The summed E-state index contributed by atoms with van der Waals surface area (Å²) in [5, 5.41) is 3.07. The quantitative estimate of drug-likeness (QED) is 0.663. The highest BCUT2D eigenvalue weighted by atomic mass is 32.2. The average molecular weight is 452 g/mol. The lowest BCUT2D eigenvalue weighted by Crippen LogP contribution is -2.48. The first-order valence-electron chi connectivity index (χ1n) is 10.4. The van der Waals surface area contributed by atoms with E-state index < -0.39 is 21.9 Å². The number of hydrogen-bond acceptors (Lipinski definition) is 5. The van der Waals surface area contributed by atoms with E-state index in [2.05, 4.69) is 10.2 Å². The predicted octanol–water partition coefficient (Wildman–Crippen LogP) is 2.28. The van der Waals surface area contributed by atoms with Crippen LogP contribution >= 0.6 is 0 Å². The lowest BCUT2D eigenvalue weighted by atomic mass is 10.0. The van der Waals surface area contributed by atoms with E-state index in [-0.39, 0.29) is 11.8 Å². The molecule has 170 valence electrons. The molecule has 1 fully saturated rings. The van der Waals surface area contributed by atoms with Crippen molar-refractivity contribution in [1.82, 2.24) is 14.1 Å². The Hall–Kier alpha value is -2.43. The van der Waals surface area contributed by atoms with Gasteiger partial charge >= 0.3 is 6.03 Å². The van der Waals surface area contributed by atoms with Crippen LogP contribution < -0.4 is 11.1 Å². The van der Waals surface area contributed by atoms with Gasteiger partial charge in [-0.05, 0) is 56.1 Å². The van der Waals surface area contributed by atoms with Gasteiger partial charge in [-0.25, -0.2) is 21.9 Å². The zero-order valence-electron chi connectivity index (χ0n) is 17.9. The maximum atomic E-state index is 14.3. The number of anilines is 1. The number of sulfonamides is 1. The molecule has 0 bridgehead atoms. The van der Waals surface area contributed by atoms with Crippen LogP contribution in [0.2, 0.25) is 0 Å². The second-order valence-electron chi connectivity index (χ2n) is 7.85. The number of hydrogen-bond donors (Lipinski definition) is 2. The van der Waals surface area contributed by atoms with Crippen LogP contribution in [-0.4, -0.2) is 67.0 Å². The Morgan fingerprint density at radius 2 is 2.13 bits per heavy atom. The third-order valence-corrected chi connectivity index (χ3v) is 7.57. The van der Waals surface area contributed by atoms with Crippen LogP contribution in [0.5, 0.6) is 0 Å². The summed E-state index contributed by atoms with van der Waals surface area (Å²) in [5.74, 6) is 0.166. The van der Waals surface area contributed by atoms with Gasteiger partial charge in [0, 0.05) is 38.4 Å². The molecule has 1 saturated heterocycles. The molecule has 0 saturated carbocycles. The number of nitrogens with one attached hydrogen (secondary N) is 1. The van der Waals surface area contributed by atoms with Crippen molar-refractivity contribution in [2.45, 2.75) is 32.4 Å². The minimum absolute atomic E-state index is 0.0757. The van der Waals surface area contributed by atoms with Crippen LogP contribution in [0.25, 0.3) is 0 Å². The molecule has 0 spiro atoms. The van der Waals surface area contributed by atoms with E-state index in [0.717, 1.165) is 24.9 Å². The number of amides is 2. The zero-order valence-corrected chi connectivity index (χ0v) is 18.7. The van der Waals surface area contributed by atoms with Gasteiger partial charge in [0.2, 0.25) is 10.0 Å². The molecule has 3 N–H and O–H groups in total. The highest BCUT2D eigenvalue weighted by molar-refractivity contribution is 7.89. The molecule has 3 rings (SSSR count). The molecule has 31 heavy (non-hydrogen) atoms. The van der Waals surface area contributed by atoms with Crippen molar-refractivity contribution in [3.05, 3.63) is 53.6 Å². The van der Waals surface area contributed by atoms with Gasteiger partial charge in [0.15, 0.2) is 0 Å². The van der Waals surface area contributed by atoms with Gasteiger partial charge in [-0.1, -0.05) is 12.2 Å². The molecule has 1 aromatic rings. The monoisotopic (exact) mass is 451 g/mol. The lowest BCUT2D eigenvalue weighted by Gasteiger charge is -2.37. The van der Waals surface area contributed by atoms with Gasteiger partial charge < -0.3 is 11.1 Å². The molecule has 2 aliphatic rings. The maximum Gasteiger partial charge on any atom is 0.320 e. The summed E-state index contributed by atoms with van der Waals surface area (Å²) in [5.41, 5.74) is 6.70. The number of benzene rings is 1. The second kappa shape index (κ2) is 9.80. The van der Waals surface area contributed by atoms with Gasteiger partial charge in [-0.2, -0.15) is 0 Å². The number of nitrogens with two attached hydrogens (primary N) is 1. The number of likely N-dealkylation sites (tertiary alicyclic amines) is 1. The molecule has 1 aromatic carbocycles. The number of urea groups is 1. The second-order valence-corrected chi connectivity index (χ2v) is 10.2. The van der Waals surface area contributed by atoms with Crippen molar-refractivity contribution >= 4 is 21.7 Å². The summed E-state index contributed by atoms with van der Waals surface area (Å²) in [7, 11) is -1.62. The van der Waals surface area contributed by atoms with Crippen molar-refractivity contribution in [3.63, 3.8) is 0 Å². The molecule has 10 heteroatoms. The molecule has 2 amide bonds. The van der Waals surface area contributed by atoms with Crippen molar-refractivity contribution in [1.29, 1.82) is 0 Å². The first-order chi connectivity index (χ1) is 14.7. The van der Waals surface area contributed by atoms with Crippen LogP contribution in [-0.2, 0) is 16.6 Å². The third-order valence-electron chi connectivity index (χ3n) is 5.67. The Morgan fingerprint density at radius 3 is 2.84 bits per heavy atom. The van der Waals surface area contributed by atoms with E-state index in [0.29, 0.717) is 31.1 Å². The van der Waals surface area contributed by atoms with E-state index in [1.807, 2.05) is 6.07 Å². The standard InChI is InChI=1S/C21H30FN5O3S/c1-3-31(29,30)25(2)19-7-6-9-26(15-19)14-16-11-17(22)13-18(12-16)24-20-8-4-5-10-27(20)21(23)28/h4-5,8,11-13,19,24H,3,6-7,9-10,14-15H2,1-2H3,(H2,23,28)/t19-/m1/s1. The van der Waals surface area contributed by atoms with Crippen molar-refractivity contribution in [2.24, 2.45) is 5.73 Å². The first-order valence-corrected chi connectivity index (χ1v) is 12.0. The first kappa shape index (κ1) is 23.2. The minimum atomic E-state index is -3.25. The average Bonchev–Trinajstić information content (AvgIpc) is 2.73. The molecule has 1 atom stereocenters. The fourth-order valence-electron chi connectivity index (χ4n) is 3.95. The summed E-state index contributed by atoms with van der Waals surface area (Å²) < 4.78 is 40.2. The number of piperidine rings is 1. The molecular formula is C21H30FN5O3S. The molecule has 2 heterocycles. The van der Waals surface area contributed by atoms with E-state index in [4.69, 9.17) is 5.73 Å². The summed E-state index contributed by atoms with van der Waals surface area (Å²) >= 11 is 0. The highest BCUT2D eigenvalue weighted by Gasteiger charge is 2.29. The minimum Gasteiger partial charge on any atom is -0.351 e. The Balaban J connectivity index is 1.71. The molecular weight excluding hydrogens is 421 g/mol. The molecule has 0 aromatic heterocycles. The maximum absolute atomic E-state index is 14.3. The Labute approximate surface area is 183 Å². The fourth-order valence-corrected chi connectivity index (χ4v) is 4.99. The fraction of sp³-hybridized carbons (Fsp3) is 0.476. The highest BCUT2D eigenvalue weighted by Crippen LogP contribution is 2.23. The number of primary amides is 1. The molecule has 0 unspecified atom stereocenters. The molecule has 8 nitrogen and oxygen atoms in total. The lowest BCUT2D eigenvalue weighted by molar-refractivity contribution is 0.153. The SMILES string of the molecule is CCS(=O)(=O)N(C)[C@@H]1CCCN(Cc2cc(F)cc(NC3=CC=CCN3C(N)=O)c2)C1. The van der Waals surface area contributed by atoms with Crippen molar-refractivity contribution in [2.75, 3.05) is 37.8 Å². The van der Waals surface area contributed by atoms with E-state index >= 15 is 0 Å². The Kier molecular flexibility index (Phi) is 7.34. The number of rotatable bonds is 7. The Bertz CT molecular complexity index is 979. The van der Waals surface area contributed by atoms with Gasteiger partial charge in [-0.3, -0.25) is 9.80 Å².